The summed E-state index contributed by atoms with van der Waals surface area (Å²) >= 11 is 0. The molecule has 0 radical (unpaired) electrons. The van der Waals surface area contributed by atoms with E-state index in [2.05, 4.69) is 5.32 Å². The zero-order chi connectivity index (χ0) is 12.9. The van der Waals surface area contributed by atoms with Crippen LogP contribution in [0.5, 0.6) is 0 Å². The van der Waals surface area contributed by atoms with Crippen molar-refractivity contribution in [1.82, 2.24) is 0 Å². The highest BCUT2D eigenvalue weighted by atomic mass is 32.2. The number of carbonyl (C=O) groups is 1. The second-order valence-corrected chi connectivity index (χ2v) is 6.09. The summed E-state index contributed by atoms with van der Waals surface area (Å²) in [6.45, 7) is 1.38. The molecule has 0 fully saturated rings. The number of rotatable bonds is 5. The molecule has 1 atom stereocenters. The molecule has 0 aromatic heterocycles. The Labute approximate surface area is 101 Å². The number of para-hydroxylation sites is 1. The molecule has 6 heteroatoms. The molecule has 17 heavy (non-hydrogen) atoms. The quantitative estimate of drug-likeness (QED) is 0.797. The van der Waals surface area contributed by atoms with Crippen LogP contribution in [-0.4, -0.2) is 31.9 Å². The summed E-state index contributed by atoms with van der Waals surface area (Å²) in [6, 6.07) is 8.72. The Balaban J connectivity index is 2.72. The van der Waals surface area contributed by atoms with Crippen molar-refractivity contribution in [2.45, 2.75) is 12.2 Å². The van der Waals surface area contributed by atoms with E-state index in [0.717, 1.165) is 0 Å². The van der Waals surface area contributed by atoms with Crippen LogP contribution < -0.4 is 11.1 Å². The first kappa shape index (κ1) is 13.7. The minimum Gasteiger partial charge on any atom is -0.329 e. The van der Waals surface area contributed by atoms with Gasteiger partial charge in [-0.05, 0) is 19.1 Å². The van der Waals surface area contributed by atoms with E-state index in [9.17, 15) is 13.2 Å². The van der Waals surface area contributed by atoms with E-state index in [4.69, 9.17) is 5.73 Å². The van der Waals surface area contributed by atoms with Crippen molar-refractivity contribution >= 4 is 21.4 Å². The minimum atomic E-state index is -3.47. The maximum absolute atomic E-state index is 11.7. The van der Waals surface area contributed by atoms with Crippen LogP contribution in [0.1, 0.15) is 6.92 Å². The van der Waals surface area contributed by atoms with Crippen LogP contribution in [0.15, 0.2) is 30.3 Å². The maximum atomic E-state index is 11.7. The lowest BCUT2D eigenvalue weighted by Crippen LogP contribution is -2.35. The fraction of sp³-hybridized carbons (Fsp3) is 0.364. The summed E-state index contributed by atoms with van der Waals surface area (Å²) in [5, 5.41) is 1.46. The number of hydrogen-bond donors (Lipinski definition) is 2. The van der Waals surface area contributed by atoms with Gasteiger partial charge in [0.2, 0.25) is 5.91 Å². The molecule has 0 aliphatic rings. The number of hydrogen-bond acceptors (Lipinski definition) is 4. The predicted molar refractivity (Wildman–Crippen MR) is 67.4 cm³/mol. The first-order valence-corrected chi connectivity index (χ1v) is 6.96. The Morgan fingerprint density at radius 3 is 2.47 bits per heavy atom. The van der Waals surface area contributed by atoms with Gasteiger partial charge in [0.05, 0.1) is 5.75 Å². The smallest absolute Gasteiger partial charge is 0.242 e. The Morgan fingerprint density at radius 2 is 1.94 bits per heavy atom. The highest BCUT2D eigenvalue weighted by molar-refractivity contribution is 7.92. The molecule has 3 N–H and O–H groups in total. The van der Waals surface area contributed by atoms with Gasteiger partial charge in [-0.1, -0.05) is 18.2 Å². The molecule has 1 amide bonds. The summed E-state index contributed by atoms with van der Waals surface area (Å²) in [6.07, 6.45) is 0. The van der Waals surface area contributed by atoms with Crippen LogP contribution in [0, 0.1) is 0 Å². The maximum Gasteiger partial charge on any atom is 0.242 e. The second-order valence-electron chi connectivity index (χ2n) is 3.65. The van der Waals surface area contributed by atoms with Crippen LogP contribution >= 0.6 is 0 Å². The van der Waals surface area contributed by atoms with E-state index in [0.29, 0.717) is 5.69 Å². The van der Waals surface area contributed by atoms with Gasteiger partial charge in [0.1, 0.15) is 5.25 Å². The van der Waals surface area contributed by atoms with Gasteiger partial charge in [0, 0.05) is 12.2 Å². The summed E-state index contributed by atoms with van der Waals surface area (Å²) < 4.78 is 23.2. The van der Waals surface area contributed by atoms with Crippen LogP contribution in [0.2, 0.25) is 0 Å². The summed E-state index contributed by atoms with van der Waals surface area (Å²) in [5.74, 6) is -0.722. The van der Waals surface area contributed by atoms with Crippen molar-refractivity contribution in [2.24, 2.45) is 5.73 Å². The number of nitrogens with two attached hydrogens (primary N) is 1. The van der Waals surface area contributed by atoms with Crippen LogP contribution in [0.4, 0.5) is 5.69 Å². The summed E-state index contributed by atoms with van der Waals surface area (Å²) in [4.78, 5) is 11.7. The standard InChI is InChI=1S/C11H16N2O3S/c1-9(17(15,16)8-7-12)11(14)13-10-5-3-2-4-6-10/h2-6,9H,7-8,12H2,1H3,(H,13,14). The third kappa shape index (κ3) is 3.83. The molecule has 94 valence electrons. The van der Waals surface area contributed by atoms with Crippen molar-refractivity contribution in [1.29, 1.82) is 0 Å². The van der Waals surface area contributed by atoms with Gasteiger partial charge in [-0.3, -0.25) is 4.79 Å². The van der Waals surface area contributed by atoms with E-state index >= 15 is 0 Å². The largest absolute Gasteiger partial charge is 0.329 e. The van der Waals surface area contributed by atoms with Gasteiger partial charge >= 0.3 is 0 Å². The van der Waals surface area contributed by atoms with Crippen molar-refractivity contribution in [3.05, 3.63) is 30.3 Å². The molecule has 0 aliphatic heterocycles. The van der Waals surface area contributed by atoms with Crippen LogP contribution in [-0.2, 0) is 14.6 Å². The third-order valence-corrected chi connectivity index (χ3v) is 4.45. The lowest BCUT2D eigenvalue weighted by Gasteiger charge is -2.12. The van der Waals surface area contributed by atoms with Crippen LogP contribution in [0.25, 0.3) is 0 Å². The van der Waals surface area contributed by atoms with Gasteiger partial charge in [0.25, 0.3) is 0 Å². The van der Waals surface area contributed by atoms with Crippen molar-refractivity contribution in [3.8, 4) is 0 Å². The number of amides is 1. The van der Waals surface area contributed by atoms with Crippen LogP contribution in [0.3, 0.4) is 0 Å². The first-order chi connectivity index (χ1) is 7.97. The zero-order valence-electron chi connectivity index (χ0n) is 9.59. The van der Waals surface area contributed by atoms with E-state index in [1.165, 1.54) is 6.92 Å². The summed E-state index contributed by atoms with van der Waals surface area (Å²) in [7, 11) is -3.47. The topological polar surface area (TPSA) is 89.3 Å². The van der Waals surface area contributed by atoms with E-state index in [1.807, 2.05) is 6.07 Å². The number of carbonyl (C=O) groups excluding carboxylic acids is 1. The SMILES string of the molecule is CC(C(=O)Nc1ccccc1)S(=O)(=O)CCN. The summed E-state index contributed by atoms with van der Waals surface area (Å²) in [5.41, 5.74) is 5.77. The van der Waals surface area contributed by atoms with Crippen molar-refractivity contribution in [2.75, 3.05) is 17.6 Å². The second kappa shape index (κ2) is 5.79. The van der Waals surface area contributed by atoms with Crippen molar-refractivity contribution < 1.29 is 13.2 Å². The van der Waals surface area contributed by atoms with Gasteiger partial charge < -0.3 is 11.1 Å². The Bertz CT molecular complexity index is 471. The highest BCUT2D eigenvalue weighted by Crippen LogP contribution is 2.09. The molecule has 0 heterocycles. The Kier molecular flexibility index (Phi) is 4.65. The number of sulfone groups is 1. The van der Waals surface area contributed by atoms with Gasteiger partial charge in [-0.2, -0.15) is 0 Å². The molecule has 0 bridgehead atoms. The van der Waals surface area contributed by atoms with Gasteiger partial charge in [0.15, 0.2) is 9.84 Å². The van der Waals surface area contributed by atoms with Gasteiger partial charge in [-0.25, -0.2) is 8.42 Å². The molecule has 0 saturated carbocycles. The molecule has 1 rings (SSSR count). The molecule has 5 nitrogen and oxygen atoms in total. The molecule has 0 spiro atoms. The molecule has 1 unspecified atom stereocenters. The predicted octanol–water partition coefficient (Wildman–Crippen LogP) is 0.387. The lowest BCUT2D eigenvalue weighted by atomic mass is 10.3. The average molecular weight is 256 g/mol. The zero-order valence-corrected chi connectivity index (χ0v) is 10.4. The normalized spacial score (nSPS) is 13.1. The first-order valence-electron chi connectivity index (χ1n) is 5.25. The fourth-order valence-corrected chi connectivity index (χ4v) is 2.34. The van der Waals surface area contributed by atoms with Gasteiger partial charge in [-0.15, -0.1) is 0 Å². The average Bonchev–Trinajstić information content (AvgIpc) is 2.29. The number of benzene rings is 1. The molecule has 1 aromatic carbocycles. The minimum absolute atomic E-state index is 0.0191. The third-order valence-electron chi connectivity index (χ3n) is 2.35. The fourth-order valence-electron chi connectivity index (χ4n) is 1.27. The van der Waals surface area contributed by atoms with E-state index < -0.39 is 21.0 Å². The molecular weight excluding hydrogens is 240 g/mol. The lowest BCUT2D eigenvalue weighted by molar-refractivity contribution is -0.115. The van der Waals surface area contributed by atoms with E-state index in [1.54, 1.807) is 24.3 Å². The van der Waals surface area contributed by atoms with E-state index in [-0.39, 0.29) is 12.3 Å². The van der Waals surface area contributed by atoms with Crippen molar-refractivity contribution in [3.63, 3.8) is 0 Å². The Morgan fingerprint density at radius 1 is 1.35 bits per heavy atom. The molecular formula is C11H16N2O3S. The number of anilines is 1. The molecule has 1 aromatic rings. The monoisotopic (exact) mass is 256 g/mol. The Hall–Kier alpha value is -1.40. The molecule has 0 aliphatic carbocycles. The molecule has 0 saturated heterocycles. The highest BCUT2D eigenvalue weighted by Gasteiger charge is 2.27. The number of nitrogens with one attached hydrogen (secondary N) is 1.